The normalized spacial score (nSPS) is 13.1. The van der Waals surface area contributed by atoms with Crippen LogP contribution in [0.1, 0.15) is 0 Å². The van der Waals surface area contributed by atoms with Crippen LogP contribution in [0.5, 0.6) is 0 Å². The predicted molar refractivity (Wildman–Crippen MR) is 24.1 cm³/mol. The van der Waals surface area contributed by atoms with E-state index in [-0.39, 0.29) is 29.3 Å². The van der Waals surface area contributed by atoms with Crippen molar-refractivity contribution in [1.29, 1.82) is 0 Å². The van der Waals surface area contributed by atoms with Crippen LogP contribution >= 0.6 is 0 Å². The van der Waals surface area contributed by atoms with Crippen LogP contribution in [0.3, 0.4) is 0 Å². The van der Waals surface area contributed by atoms with Gasteiger partial charge in [0.2, 0.25) is 0 Å². The standard InChI is InChI=1S/C3H11N2O2.HI/c1-4(2)5(6)7-3;/h4-5H,1-3H3;1H/q+1;/p-1. The lowest BCUT2D eigenvalue weighted by Gasteiger charge is -2.18. The van der Waals surface area contributed by atoms with Crippen molar-refractivity contribution in [2.75, 3.05) is 21.2 Å². The van der Waals surface area contributed by atoms with Crippen LogP contribution in [0, 0.1) is 5.21 Å². The summed E-state index contributed by atoms with van der Waals surface area (Å²) >= 11 is 0. The minimum Gasteiger partial charge on any atom is -1.00 e. The van der Waals surface area contributed by atoms with Crippen LogP contribution < -0.4 is 34.3 Å². The largest absolute Gasteiger partial charge is 1.00 e. The molecule has 0 radical (unpaired) electrons. The van der Waals surface area contributed by atoms with Gasteiger partial charge in [-0.15, -0.1) is 0 Å². The van der Waals surface area contributed by atoms with E-state index in [1.54, 1.807) is 14.1 Å². The molecule has 2 N–H and O–H groups in total. The maximum atomic E-state index is 10.3. The molecular formula is C3H11IN2O2. The molecule has 8 heavy (non-hydrogen) atoms. The summed E-state index contributed by atoms with van der Waals surface area (Å²) in [5.74, 6) is 0. The van der Waals surface area contributed by atoms with E-state index in [1.165, 1.54) is 7.11 Å². The molecule has 0 aliphatic carbocycles. The Morgan fingerprint density at radius 2 is 1.75 bits per heavy atom. The fourth-order valence-electron chi connectivity index (χ4n) is 0.204. The molecule has 52 valence electrons. The smallest absolute Gasteiger partial charge is 0.114 e. The molecule has 0 rings (SSSR count). The van der Waals surface area contributed by atoms with Crippen molar-refractivity contribution < 1.29 is 39.2 Å². The lowest BCUT2D eigenvalue weighted by molar-refractivity contribution is -1.55. The second-order valence-corrected chi connectivity index (χ2v) is 1.49. The van der Waals surface area contributed by atoms with E-state index in [0.717, 1.165) is 0 Å². The van der Waals surface area contributed by atoms with Crippen LogP contribution in [-0.4, -0.2) is 21.2 Å². The molecule has 5 heteroatoms. The zero-order valence-corrected chi connectivity index (χ0v) is 7.35. The Morgan fingerprint density at radius 3 is 1.75 bits per heavy atom. The van der Waals surface area contributed by atoms with Crippen molar-refractivity contribution in [2.45, 2.75) is 0 Å². The van der Waals surface area contributed by atoms with E-state index in [0.29, 0.717) is 5.01 Å². The molecule has 0 aliphatic heterocycles. The summed E-state index contributed by atoms with van der Waals surface area (Å²) in [6.45, 7) is 0. The molecule has 0 aliphatic rings. The number of quaternary nitrogens is 2. The van der Waals surface area contributed by atoms with Crippen molar-refractivity contribution in [3.63, 3.8) is 0 Å². The van der Waals surface area contributed by atoms with E-state index in [9.17, 15) is 5.21 Å². The van der Waals surface area contributed by atoms with Crippen molar-refractivity contribution in [3.05, 3.63) is 5.21 Å². The van der Waals surface area contributed by atoms with Gasteiger partial charge in [0, 0.05) is 0 Å². The summed E-state index contributed by atoms with van der Waals surface area (Å²) in [6.07, 6.45) is 0. The summed E-state index contributed by atoms with van der Waals surface area (Å²) in [5, 5.41) is 10.7. The molecule has 0 bridgehead atoms. The van der Waals surface area contributed by atoms with Gasteiger partial charge in [-0.05, 0) is 0 Å². The fourth-order valence-corrected chi connectivity index (χ4v) is 0.204. The number of hydrogen-bond donors (Lipinski definition) is 2. The minimum absolute atomic E-state index is 0. The van der Waals surface area contributed by atoms with Crippen LogP contribution in [-0.2, 0) is 4.84 Å². The highest BCUT2D eigenvalue weighted by Gasteiger charge is 1.95. The number of rotatable bonds is 2. The Morgan fingerprint density at radius 1 is 1.38 bits per heavy atom. The molecule has 1 unspecified atom stereocenters. The summed E-state index contributed by atoms with van der Waals surface area (Å²) in [7, 11) is 4.80. The second-order valence-electron chi connectivity index (χ2n) is 1.49. The molecule has 0 aromatic rings. The second kappa shape index (κ2) is 5.70. The molecule has 0 fully saturated rings. The Bertz CT molecular complexity index is 52.5. The van der Waals surface area contributed by atoms with E-state index in [1.807, 2.05) is 0 Å². The van der Waals surface area contributed by atoms with Crippen molar-refractivity contribution in [3.8, 4) is 0 Å². The summed E-state index contributed by atoms with van der Waals surface area (Å²) in [4.78, 5) is 4.34. The van der Waals surface area contributed by atoms with Gasteiger partial charge in [-0.25, -0.2) is 0 Å². The highest BCUT2D eigenvalue weighted by atomic mass is 127. The first-order valence-corrected chi connectivity index (χ1v) is 2.07. The minimum atomic E-state index is -0.236. The van der Waals surface area contributed by atoms with Gasteiger partial charge in [-0.1, -0.05) is 5.34 Å². The van der Waals surface area contributed by atoms with Crippen LogP contribution in [0.25, 0.3) is 0 Å². The first kappa shape index (κ1) is 11.4. The molecule has 1 atom stereocenters. The van der Waals surface area contributed by atoms with Crippen LogP contribution in [0.4, 0.5) is 0 Å². The van der Waals surface area contributed by atoms with Gasteiger partial charge in [-0.2, -0.15) is 9.85 Å². The van der Waals surface area contributed by atoms with Gasteiger partial charge >= 0.3 is 0 Å². The van der Waals surface area contributed by atoms with Gasteiger partial charge in [0.05, 0.1) is 0 Å². The molecule has 4 nitrogen and oxygen atoms in total. The number of nitrogens with one attached hydrogen (secondary N) is 2. The van der Waals surface area contributed by atoms with E-state index in [2.05, 4.69) is 4.84 Å². The molecule has 0 amide bonds. The van der Waals surface area contributed by atoms with E-state index in [4.69, 9.17) is 0 Å². The Kier molecular flexibility index (Phi) is 8.11. The SMILES string of the molecule is CO[NH+]([O-])[NH+](C)C.[I-]. The van der Waals surface area contributed by atoms with E-state index < -0.39 is 0 Å². The van der Waals surface area contributed by atoms with Crippen molar-refractivity contribution in [2.24, 2.45) is 0 Å². The third-order valence-electron chi connectivity index (χ3n) is 0.594. The molecule has 0 aromatic carbocycles. The predicted octanol–water partition coefficient (Wildman–Crippen LogP) is -6.01. The maximum Gasteiger partial charge on any atom is 0.114 e. The van der Waals surface area contributed by atoms with Gasteiger partial charge in [0.1, 0.15) is 21.2 Å². The summed E-state index contributed by atoms with van der Waals surface area (Å²) in [6, 6.07) is 0. The molecule has 0 saturated heterocycles. The van der Waals surface area contributed by atoms with Gasteiger partial charge in [0.25, 0.3) is 0 Å². The van der Waals surface area contributed by atoms with Crippen LogP contribution in [0.15, 0.2) is 0 Å². The lowest BCUT2D eigenvalue weighted by Crippen LogP contribution is -3.55. The Hall–Kier alpha value is 0.570. The Balaban J connectivity index is 0. The van der Waals surface area contributed by atoms with Gasteiger partial charge < -0.3 is 29.2 Å². The maximum absolute atomic E-state index is 10.3. The zero-order valence-electron chi connectivity index (χ0n) is 5.19. The number of hydrogen-bond acceptors (Lipinski definition) is 2. The first-order chi connectivity index (χ1) is 3.18. The average Bonchev–Trinajstić information content (AvgIpc) is 1.65. The molecule has 0 saturated carbocycles. The third-order valence-corrected chi connectivity index (χ3v) is 0.594. The van der Waals surface area contributed by atoms with Gasteiger partial charge in [-0.3, -0.25) is 0 Å². The number of halogens is 1. The van der Waals surface area contributed by atoms with E-state index >= 15 is 0 Å². The van der Waals surface area contributed by atoms with Gasteiger partial charge in [0.15, 0.2) is 0 Å². The lowest BCUT2D eigenvalue weighted by atomic mass is 11.2. The van der Waals surface area contributed by atoms with Crippen molar-refractivity contribution in [1.82, 2.24) is 0 Å². The summed E-state index contributed by atoms with van der Waals surface area (Å²) in [5.41, 5.74) is 0. The zero-order chi connectivity index (χ0) is 5.86. The van der Waals surface area contributed by atoms with Crippen LogP contribution in [0.2, 0.25) is 0 Å². The molecule has 0 aromatic heterocycles. The molecule has 0 spiro atoms. The Labute approximate surface area is 65.9 Å². The first-order valence-electron chi connectivity index (χ1n) is 2.07. The third kappa shape index (κ3) is 4.72. The molecular weight excluding hydrogens is 223 g/mol. The van der Waals surface area contributed by atoms with Crippen molar-refractivity contribution >= 4 is 0 Å². The molecule has 0 heterocycles. The highest BCUT2D eigenvalue weighted by molar-refractivity contribution is 3.76. The quantitative estimate of drug-likeness (QED) is 0.369. The summed E-state index contributed by atoms with van der Waals surface area (Å²) < 4.78 is 0. The fraction of sp³-hybridized carbons (Fsp3) is 1.00. The topological polar surface area (TPSA) is 41.2 Å². The highest BCUT2D eigenvalue weighted by Crippen LogP contribution is 1.21. The average molecular weight is 234 g/mol. The monoisotopic (exact) mass is 234 g/mol.